The molecule has 2 aromatic rings. The minimum absolute atomic E-state index is 0.110. The average molecular weight is 287 g/mol. The van der Waals surface area contributed by atoms with E-state index in [2.05, 4.69) is 38.2 Å². The lowest BCUT2D eigenvalue weighted by atomic mass is 10.1. The van der Waals surface area contributed by atoms with Gasteiger partial charge in [-0.05, 0) is 44.0 Å². The molecule has 0 spiro atoms. The largest absolute Gasteiger partial charge is 0.489 e. The van der Waals surface area contributed by atoms with E-state index in [1.165, 1.54) is 17.7 Å². The number of ether oxygens (including phenoxy) is 1. The van der Waals surface area contributed by atoms with Crippen molar-refractivity contribution >= 4 is 0 Å². The number of halogens is 1. The van der Waals surface area contributed by atoms with Crippen molar-refractivity contribution in [2.45, 2.75) is 39.5 Å². The topological polar surface area (TPSA) is 21.3 Å². The number of benzene rings is 2. The van der Waals surface area contributed by atoms with Gasteiger partial charge in [0.05, 0.1) is 0 Å². The molecule has 2 nitrogen and oxygen atoms in total. The summed E-state index contributed by atoms with van der Waals surface area (Å²) in [6, 6.07) is 14.5. The van der Waals surface area contributed by atoms with E-state index in [0.717, 1.165) is 12.1 Å². The van der Waals surface area contributed by atoms with E-state index in [4.69, 9.17) is 4.74 Å². The predicted molar refractivity (Wildman–Crippen MR) is 83.8 cm³/mol. The van der Waals surface area contributed by atoms with Crippen LogP contribution in [0, 0.1) is 5.82 Å². The van der Waals surface area contributed by atoms with Gasteiger partial charge < -0.3 is 10.1 Å². The van der Waals surface area contributed by atoms with E-state index in [-0.39, 0.29) is 11.4 Å². The molecular formula is C18H22FNO. The van der Waals surface area contributed by atoms with Crippen LogP contribution < -0.4 is 10.1 Å². The van der Waals surface area contributed by atoms with E-state index in [1.54, 1.807) is 12.1 Å². The molecule has 21 heavy (non-hydrogen) atoms. The molecule has 0 aliphatic carbocycles. The molecule has 0 amide bonds. The zero-order chi connectivity index (χ0) is 15.3. The molecule has 0 atom stereocenters. The second kappa shape index (κ2) is 6.72. The summed E-state index contributed by atoms with van der Waals surface area (Å²) in [6.45, 7) is 7.72. The fourth-order valence-electron chi connectivity index (χ4n) is 1.84. The Kier molecular flexibility index (Phi) is 4.97. The molecule has 0 aromatic heterocycles. The zero-order valence-corrected chi connectivity index (χ0v) is 12.8. The average Bonchev–Trinajstić information content (AvgIpc) is 2.43. The maximum atomic E-state index is 13.0. The van der Waals surface area contributed by atoms with Gasteiger partial charge in [0.2, 0.25) is 0 Å². The summed E-state index contributed by atoms with van der Waals surface area (Å²) in [7, 11) is 0. The quantitative estimate of drug-likeness (QED) is 0.885. The molecule has 0 saturated carbocycles. The lowest BCUT2D eigenvalue weighted by molar-refractivity contribution is 0.304. The van der Waals surface area contributed by atoms with E-state index < -0.39 is 0 Å². The SMILES string of the molecule is CC(C)(C)NCc1ccc(COc2cccc(F)c2)cc1. The van der Waals surface area contributed by atoms with Crippen LogP contribution in [0.3, 0.4) is 0 Å². The number of rotatable bonds is 5. The van der Waals surface area contributed by atoms with Gasteiger partial charge in [-0.1, -0.05) is 30.3 Å². The standard InChI is InChI=1S/C18H22FNO/c1-18(2,3)20-12-14-7-9-15(10-8-14)13-21-17-6-4-5-16(19)11-17/h4-11,20H,12-13H2,1-3H3. The Morgan fingerprint density at radius 1 is 1.00 bits per heavy atom. The molecule has 0 unspecified atom stereocenters. The maximum Gasteiger partial charge on any atom is 0.126 e. The lowest BCUT2D eigenvalue weighted by Crippen LogP contribution is -2.35. The predicted octanol–water partition coefficient (Wildman–Crippen LogP) is 4.29. The van der Waals surface area contributed by atoms with Gasteiger partial charge in [0, 0.05) is 18.2 Å². The molecule has 0 heterocycles. The van der Waals surface area contributed by atoms with E-state index in [1.807, 2.05) is 12.1 Å². The van der Waals surface area contributed by atoms with Gasteiger partial charge in [-0.2, -0.15) is 0 Å². The molecule has 112 valence electrons. The Hall–Kier alpha value is -1.87. The molecule has 0 bridgehead atoms. The Bertz CT molecular complexity index is 573. The summed E-state index contributed by atoms with van der Waals surface area (Å²) >= 11 is 0. The highest BCUT2D eigenvalue weighted by Gasteiger charge is 2.08. The molecule has 0 radical (unpaired) electrons. The van der Waals surface area contributed by atoms with Crippen LogP contribution >= 0.6 is 0 Å². The smallest absolute Gasteiger partial charge is 0.126 e. The first-order chi connectivity index (χ1) is 9.92. The fourth-order valence-corrected chi connectivity index (χ4v) is 1.84. The van der Waals surface area contributed by atoms with E-state index in [0.29, 0.717) is 12.4 Å². The van der Waals surface area contributed by atoms with Gasteiger partial charge >= 0.3 is 0 Å². The summed E-state index contributed by atoms with van der Waals surface area (Å²) in [5.41, 5.74) is 2.41. The van der Waals surface area contributed by atoms with Gasteiger partial charge in [0.25, 0.3) is 0 Å². The third-order valence-corrected chi connectivity index (χ3v) is 3.05. The summed E-state index contributed by atoms with van der Waals surface area (Å²) in [5.74, 6) is 0.268. The van der Waals surface area contributed by atoms with Crippen molar-refractivity contribution in [1.82, 2.24) is 5.32 Å². The van der Waals surface area contributed by atoms with Crippen LogP contribution in [0.4, 0.5) is 4.39 Å². The molecule has 0 fully saturated rings. The van der Waals surface area contributed by atoms with E-state index in [9.17, 15) is 4.39 Å². The first-order valence-electron chi connectivity index (χ1n) is 7.14. The van der Waals surface area contributed by atoms with Crippen LogP contribution in [0.25, 0.3) is 0 Å². The van der Waals surface area contributed by atoms with Gasteiger partial charge in [-0.15, -0.1) is 0 Å². The van der Waals surface area contributed by atoms with Crippen molar-refractivity contribution < 1.29 is 9.13 Å². The van der Waals surface area contributed by atoms with Gasteiger partial charge in [-0.25, -0.2) is 4.39 Å². The summed E-state index contributed by atoms with van der Waals surface area (Å²) < 4.78 is 18.6. The highest BCUT2D eigenvalue weighted by molar-refractivity contribution is 5.25. The second-order valence-corrected chi connectivity index (χ2v) is 6.17. The molecule has 1 N–H and O–H groups in total. The molecule has 0 saturated heterocycles. The summed E-state index contributed by atoms with van der Waals surface area (Å²) in [4.78, 5) is 0. The van der Waals surface area contributed by atoms with E-state index >= 15 is 0 Å². The highest BCUT2D eigenvalue weighted by Crippen LogP contribution is 2.14. The van der Waals surface area contributed by atoms with Crippen LogP contribution in [-0.2, 0) is 13.2 Å². The third kappa shape index (κ3) is 5.56. The van der Waals surface area contributed by atoms with Crippen molar-refractivity contribution in [3.63, 3.8) is 0 Å². The molecule has 2 aromatic carbocycles. The molecular weight excluding hydrogens is 265 g/mol. The normalized spacial score (nSPS) is 11.4. The minimum Gasteiger partial charge on any atom is -0.489 e. The molecule has 3 heteroatoms. The Labute approximate surface area is 126 Å². The number of hydrogen-bond donors (Lipinski definition) is 1. The van der Waals surface area contributed by atoms with Crippen molar-refractivity contribution in [2.24, 2.45) is 0 Å². The van der Waals surface area contributed by atoms with Crippen molar-refractivity contribution in [1.29, 1.82) is 0 Å². The van der Waals surface area contributed by atoms with Gasteiger partial charge in [-0.3, -0.25) is 0 Å². The van der Waals surface area contributed by atoms with Crippen molar-refractivity contribution in [2.75, 3.05) is 0 Å². The molecule has 0 aliphatic heterocycles. The second-order valence-electron chi connectivity index (χ2n) is 6.17. The van der Waals surface area contributed by atoms with Crippen LogP contribution in [0.2, 0.25) is 0 Å². The third-order valence-electron chi connectivity index (χ3n) is 3.05. The Balaban J connectivity index is 1.87. The fraction of sp³-hybridized carbons (Fsp3) is 0.333. The zero-order valence-electron chi connectivity index (χ0n) is 12.8. The monoisotopic (exact) mass is 287 g/mol. The van der Waals surface area contributed by atoms with Gasteiger partial charge in [0.15, 0.2) is 0 Å². The Morgan fingerprint density at radius 2 is 1.67 bits per heavy atom. The molecule has 0 aliphatic rings. The highest BCUT2D eigenvalue weighted by atomic mass is 19.1. The maximum absolute atomic E-state index is 13.0. The first kappa shape index (κ1) is 15.5. The number of hydrogen-bond acceptors (Lipinski definition) is 2. The van der Waals surface area contributed by atoms with Gasteiger partial charge in [0.1, 0.15) is 18.2 Å². The van der Waals surface area contributed by atoms with Crippen LogP contribution in [-0.4, -0.2) is 5.54 Å². The Morgan fingerprint density at radius 3 is 2.29 bits per heavy atom. The summed E-state index contributed by atoms with van der Waals surface area (Å²) in [6.07, 6.45) is 0. The number of nitrogens with one attached hydrogen (secondary N) is 1. The van der Waals surface area contributed by atoms with Crippen LogP contribution in [0.1, 0.15) is 31.9 Å². The van der Waals surface area contributed by atoms with Crippen LogP contribution in [0.15, 0.2) is 48.5 Å². The van der Waals surface area contributed by atoms with Crippen molar-refractivity contribution in [3.8, 4) is 5.75 Å². The first-order valence-corrected chi connectivity index (χ1v) is 7.14. The molecule has 2 rings (SSSR count). The van der Waals surface area contributed by atoms with Crippen molar-refractivity contribution in [3.05, 3.63) is 65.5 Å². The van der Waals surface area contributed by atoms with Crippen LogP contribution in [0.5, 0.6) is 5.75 Å². The lowest BCUT2D eigenvalue weighted by Gasteiger charge is -2.20. The minimum atomic E-state index is -0.281. The summed E-state index contributed by atoms with van der Waals surface area (Å²) in [5, 5.41) is 3.45.